The molecule has 0 bridgehead atoms. The van der Waals surface area contributed by atoms with Crippen LogP contribution in [-0.2, 0) is 6.61 Å². The van der Waals surface area contributed by atoms with E-state index in [0.29, 0.717) is 26.9 Å². The molecule has 0 aliphatic rings. The van der Waals surface area contributed by atoms with Gasteiger partial charge in [-0.2, -0.15) is 5.26 Å². The SMILES string of the molecule is N#CC(C(=O)c1cccc(OCc2cn3ccccc3n2)c1)c1nc2cc(Cl)ccc2s1. The standard InChI is InChI=1S/C24H15ClN4O2S/c25-16-7-8-21-20(11-16)28-24(32-21)19(12-26)23(30)15-4-3-5-18(10-15)31-14-17-13-29-9-2-1-6-22(29)27-17/h1-11,13,19H,14H2. The second-order valence-corrected chi connectivity index (χ2v) is 8.60. The molecule has 6 nitrogen and oxygen atoms in total. The second-order valence-electron chi connectivity index (χ2n) is 7.11. The van der Waals surface area contributed by atoms with Crippen LogP contribution < -0.4 is 4.74 Å². The first-order chi connectivity index (χ1) is 15.6. The van der Waals surface area contributed by atoms with E-state index in [0.717, 1.165) is 16.0 Å². The van der Waals surface area contributed by atoms with Crippen LogP contribution in [0.5, 0.6) is 5.75 Å². The molecule has 0 saturated carbocycles. The second kappa shape index (κ2) is 8.42. The fourth-order valence-corrected chi connectivity index (χ4v) is 4.55. The maximum absolute atomic E-state index is 13.1. The number of hydrogen-bond acceptors (Lipinski definition) is 6. The van der Waals surface area contributed by atoms with Crippen LogP contribution in [0.1, 0.15) is 27.0 Å². The summed E-state index contributed by atoms with van der Waals surface area (Å²) in [6.07, 6.45) is 3.82. The Balaban J connectivity index is 1.36. The molecule has 5 rings (SSSR count). The van der Waals surface area contributed by atoms with Crippen LogP contribution in [0.2, 0.25) is 5.02 Å². The third-order valence-electron chi connectivity index (χ3n) is 4.92. The van der Waals surface area contributed by atoms with Gasteiger partial charge in [0, 0.05) is 23.0 Å². The van der Waals surface area contributed by atoms with Crippen molar-refractivity contribution in [3.8, 4) is 11.8 Å². The maximum atomic E-state index is 13.1. The van der Waals surface area contributed by atoms with Crippen LogP contribution in [0.15, 0.2) is 73.1 Å². The predicted octanol–water partition coefficient (Wildman–Crippen LogP) is 5.67. The van der Waals surface area contributed by atoms with Gasteiger partial charge in [0.1, 0.15) is 23.0 Å². The van der Waals surface area contributed by atoms with Gasteiger partial charge >= 0.3 is 0 Å². The van der Waals surface area contributed by atoms with E-state index < -0.39 is 5.92 Å². The summed E-state index contributed by atoms with van der Waals surface area (Å²) in [7, 11) is 0. The lowest BCUT2D eigenvalue weighted by atomic mass is 9.99. The summed E-state index contributed by atoms with van der Waals surface area (Å²) in [5, 5.41) is 10.7. The van der Waals surface area contributed by atoms with Crippen molar-refractivity contribution >= 4 is 44.6 Å². The number of fused-ring (bicyclic) bond motifs is 2. The zero-order valence-electron chi connectivity index (χ0n) is 16.6. The lowest BCUT2D eigenvalue weighted by Gasteiger charge is -2.08. The third-order valence-corrected chi connectivity index (χ3v) is 6.26. The minimum Gasteiger partial charge on any atom is -0.487 e. The summed E-state index contributed by atoms with van der Waals surface area (Å²) in [4.78, 5) is 22.1. The molecule has 1 atom stereocenters. The number of benzene rings is 2. The van der Waals surface area contributed by atoms with Crippen LogP contribution in [0.4, 0.5) is 0 Å². The van der Waals surface area contributed by atoms with Gasteiger partial charge in [-0.3, -0.25) is 4.79 Å². The Morgan fingerprint density at radius 2 is 2.06 bits per heavy atom. The summed E-state index contributed by atoms with van der Waals surface area (Å²) in [6.45, 7) is 0.264. The highest BCUT2D eigenvalue weighted by Gasteiger charge is 2.25. The van der Waals surface area contributed by atoms with Gasteiger partial charge in [0.25, 0.3) is 0 Å². The van der Waals surface area contributed by atoms with E-state index >= 15 is 0 Å². The van der Waals surface area contributed by atoms with Gasteiger partial charge in [-0.25, -0.2) is 9.97 Å². The average molecular weight is 459 g/mol. The molecule has 1 unspecified atom stereocenters. The predicted molar refractivity (Wildman–Crippen MR) is 123 cm³/mol. The lowest BCUT2D eigenvalue weighted by Crippen LogP contribution is -2.11. The number of imidazole rings is 1. The smallest absolute Gasteiger partial charge is 0.187 e. The quantitative estimate of drug-likeness (QED) is 0.306. The first-order valence-corrected chi connectivity index (χ1v) is 11.0. The number of halogens is 1. The molecule has 0 amide bonds. The van der Waals surface area contributed by atoms with E-state index in [4.69, 9.17) is 16.3 Å². The van der Waals surface area contributed by atoms with Gasteiger partial charge in [0.15, 0.2) is 11.7 Å². The lowest BCUT2D eigenvalue weighted by molar-refractivity contribution is 0.0978. The van der Waals surface area contributed by atoms with Crippen molar-refractivity contribution in [1.29, 1.82) is 5.26 Å². The number of hydrogen-bond donors (Lipinski definition) is 0. The van der Waals surface area contributed by atoms with E-state index in [-0.39, 0.29) is 12.4 Å². The molecule has 0 radical (unpaired) electrons. The van der Waals surface area contributed by atoms with E-state index in [1.807, 2.05) is 41.1 Å². The van der Waals surface area contributed by atoms with Crippen molar-refractivity contribution < 1.29 is 9.53 Å². The number of carbonyl (C=O) groups excluding carboxylic acids is 1. The first-order valence-electron chi connectivity index (χ1n) is 9.76. The highest BCUT2D eigenvalue weighted by atomic mass is 35.5. The van der Waals surface area contributed by atoms with Crippen molar-refractivity contribution in [2.75, 3.05) is 0 Å². The molecule has 156 valence electrons. The van der Waals surface area contributed by atoms with Gasteiger partial charge in [-0.1, -0.05) is 29.8 Å². The fraction of sp³-hybridized carbons (Fsp3) is 0.0833. The Kier molecular flexibility index (Phi) is 5.31. The molecule has 0 aliphatic carbocycles. The molecule has 0 N–H and O–H groups in total. The minimum absolute atomic E-state index is 0.264. The molecule has 2 aromatic carbocycles. The Hall–Kier alpha value is -3.73. The molecule has 0 aliphatic heterocycles. The summed E-state index contributed by atoms with van der Waals surface area (Å²) in [5.41, 5.74) is 2.68. The summed E-state index contributed by atoms with van der Waals surface area (Å²) >= 11 is 7.35. The van der Waals surface area contributed by atoms with Crippen molar-refractivity contribution in [3.05, 3.63) is 94.3 Å². The minimum atomic E-state index is -1.00. The number of carbonyl (C=O) groups is 1. The normalized spacial score (nSPS) is 12.0. The highest BCUT2D eigenvalue weighted by Crippen LogP contribution is 2.31. The number of aromatic nitrogens is 3. The van der Waals surface area contributed by atoms with Crippen molar-refractivity contribution in [3.63, 3.8) is 0 Å². The molecular weight excluding hydrogens is 444 g/mol. The van der Waals surface area contributed by atoms with Crippen LogP contribution in [0, 0.1) is 11.3 Å². The third kappa shape index (κ3) is 3.94. The number of ether oxygens (including phenoxy) is 1. The maximum Gasteiger partial charge on any atom is 0.187 e. The Morgan fingerprint density at radius 3 is 2.91 bits per heavy atom. The van der Waals surface area contributed by atoms with E-state index in [1.54, 1.807) is 36.4 Å². The molecule has 0 saturated heterocycles. The molecule has 3 heterocycles. The van der Waals surface area contributed by atoms with Gasteiger partial charge in [-0.15, -0.1) is 11.3 Å². The van der Waals surface area contributed by atoms with Gasteiger partial charge in [0.05, 0.1) is 22.0 Å². The first kappa shape index (κ1) is 20.2. The van der Waals surface area contributed by atoms with Crippen LogP contribution in [0.25, 0.3) is 15.9 Å². The number of Topliss-reactive ketones (excluding diaryl/α,β-unsaturated/α-hetero) is 1. The van der Waals surface area contributed by atoms with Crippen LogP contribution in [-0.4, -0.2) is 20.2 Å². The number of nitriles is 1. The zero-order chi connectivity index (χ0) is 22.1. The van der Waals surface area contributed by atoms with Gasteiger partial charge in [-0.05, 0) is 42.5 Å². The molecule has 32 heavy (non-hydrogen) atoms. The monoisotopic (exact) mass is 458 g/mol. The fourth-order valence-electron chi connectivity index (χ4n) is 3.39. The molecular formula is C24H15ClN4O2S. The van der Waals surface area contributed by atoms with Crippen LogP contribution >= 0.6 is 22.9 Å². The Labute approximate surface area is 192 Å². The number of ketones is 1. The number of thiazole rings is 1. The molecule has 3 aromatic heterocycles. The van der Waals surface area contributed by atoms with E-state index in [9.17, 15) is 10.1 Å². The van der Waals surface area contributed by atoms with Crippen LogP contribution in [0.3, 0.4) is 0 Å². The Morgan fingerprint density at radius 1 is 1.16 bits per heavy atom. The topological polar surface area (TPSA) is 80.3 Å². The van der Waals surface area contributed by atoms with Crippen molar-refractivity contribution in [1.82, 2.24) is 14.4 Å². The average Bonchev–Trinajstić information content (AvgIpc) is 3.41. The molecule has 0 fully saturated rings. The number of pyridine rings is 1. The van der Waals surface area contributed by atoms with Gasteiger partial charge in [0.2, 0.25) is 0 Å². The summed E-state index contributed by atoms with van der Waals surface area (Å²) in [6, 6.07) is 20.0. The summed E-state index contributed by atoms with van der Waals surface area (Å²) < 4.78 is 8.65. The number of nitrogens with zero attached hydrogens (tertiary/aromatic N) is 4. The largest absolute Gasteiger partial charge is 0.487 e. The van der Waals surface area contributed by atoms with Crippen molar-refractivity contribution in [2.45, 2.75) is 12.5 Å². The summed E-state index contributed by atoms with van der Waals surface area (Å²) in [5.74, 6) is -0.795. The number of rotatable bonds is 6. The van der Waals surface area contributed by atoms with Gasteiger partial charge < -0.3 is 9.14 Å². The zero-order valence-corrected chi connectivity index (χ0v) is 18.2. The molecule has 8 heteroatoms. The Bertz CT molecular complexity index is 1470. The van der Waals surface area contributed by atoms with E-state index in [2.05, 4.69) is 16.0 Å². The molecule has 0 spiro atoms. The van der Waals surface area contributed by atoms with Crippen molar-refractivity contribution in [2.24, 2.45) is 0 Å². The highest BCUT2D eigenvalue weighted by molar-refractivity contribution is 7.18. The molecule has 5 aromatic rings. The van der Waals surface area contributed by atoms with E-state index in [1.165, 1.54) is 11.3 Å².